The second kappa shape index (κ2) is 6.82. The van der Waals surface area contributed by atoms with Crippen molar-refractivity contribution in [2.75, 3.05) is 30.3 Å². The Morgan fingerprint density at radius 3 is 2.90 bits per heavy atom. The lowest BCUT2D eigenvalue weighted by atomic mass is 10.0. The summed E-state index contributed by atoms with van der Waals surface area (Å²) in [5.74, 6) is 0.689. The predicted octanol–water partition coefficient (Wildman–Crippen LogP) is 3.82. The minimum atomic E-state index is -0.372. The highest BCUT2D eigenvalue weighted by molar-refractivity contribution is 5.70. The normalized spacial score (nSPS) is 19.8. The van der Waals surface area contributed by atoms with Crippen molar-refractivity contribution in [3.63, 3.8) is 0 Å². The van der Waals surface area contributed by atoms with E-state index in [-0.39, 0.29) is 5.82 Å². The SMILES string of the molecule is CCCOc1cc(N2CCCC(C)CC2)c(N)cc1F. The van der Waals surface area contributed by atoms with Gasteiger partial charge >= 0.3 is 0 Å². The fourth-order valence-electron chi connectivity index (χ4n) is 2.66. The molecule has 112 valence electrons. The van der Waals surface area contributed by atoms with Gasteiger partial charge in [0.25, 0.3) is 0 Å². The van der Waals surface area contributed by atoms with E-state index in [1.165, 1.54) is 12.5 Å². The van der Waals surface area contributed by atoms with Crippen molar-refractivity contribution in [2.45, 2.75) is 39.5 Å². The van der Waals surface area contributed by atoms with E-state index in [0.29, 0.717) is 18.0 Å². The molecule has 1 fully saturated rings. The van der Waals surface area contributed by atoms with Crippen molar-refractivity contribution in [3.8, 4) is 5.75 Å². The van der Waals surface area contributed by atoms with Crippen LogP contribution in [0.25, 0.3) is 0 Å². The van der Waals surface area contributed by atoms with Crippen LogP contribution in [0.5, 0.6) is 5.75 Å². The smallest absolute Gasteiger partial charge is 0.167 e. The standard InChI is InChI=1S/C16H25FN2O/c1-3-9-20-16-11-15(14(18)10-13(16)17)19-7-4-5-12(2)6-8-19/h10-12H,3-9,18H2,1-2H3. The number of halogens is 1. The van der Waals surface area contributed by atoms with Gasteiger partial charge in [-0.1, -0.05) is 13.8 Å². The Kier molecular flexibility index (Phi) is 5.10. The van der Waals surface area contributed by atoms with Crippen LogP contribution >= 0.6 is 0 Å². The zero-order chi connectivity index (χ0) is 14.5. The van der Waals surface area contributed by atoms with Crippen LogP contribution in [0.4, 0.5) is 15.8 Å². The molecule has 0 bridgehead atoms. The molecule has 1 saturated heterocycles. The quantitative estimate of drug-likeness (QED) is 0.852. The Bertz CT molecular complexity index is 450. The molecule has 1 aliphatic heterocycles. The Balaban J connectivity index is 2.21. The molecule has 2 N–H and O–H groups in total. The number of hydrogen-bond acceptors (Lipinski definition) is 3. The summed E-state index contributed by atoms with van der Waals surface area (Å²) in [4.78, 5) is 2.26. The zero-order valence-electron chi connectivity index (χ0n) is 12.5. The molecule has 0 amide bonds. The first-order chi connectivity index (χ1) is 9.61. The summed E-state index contributed by atoms with van der Waals surface area (Å²) in [6, 6.07) is 3.14. The molecule has 0 saturated carbocycles. The second-order valence-electron chi connectivity index (χ2n) is 5.71. The summed E-state index contributed by atoms with van der Waals surface area (Å²) in [6.07, 6.45) is 4.42. The van der Waals surface area contributed by atoms with Gasteiger partial charge in [0.15, 0.2) is 11.6 Å². The van der Waals surface area contributed by atoms with Crippen molar-refractivity contribution >= 4 is 11.4 Å². The highest BCUT2D eigenvalue weighted by atomic mass is 19.1. The van der Waals surface area contributed by atoms with Gasteiger partial charge in [0.1, 0.15) is 0 Å². The monoisotopic (exact) mass is 280 g/mol. The fourth-order valence-corrected chi connectivity index (χ4v) is 2.66. The van der Waals surface area contributed by atoms with Crippen LogP contribution < -0.4 is 15.4 Å². The zero-order valence-corrected chi connectivity index (χ0v) is 12.5. The topological polar surface area (TPSA) is 38.5 Å². The average molecular weight is 280 g/mol. The molecule has 4 heteroatoms. The van der Waals surface area contributed by atoms with Gasteiger partial charge in [-0.15, -0.1) is 0 Å². The minimum absolute atomic E-state index is 0.313. The summed E-state index contributed by atoms with van der Waals surface area (Å²) in [7, 11) is 0. The maximum Gasteiger partial charge on any atom is 0.167 e. The van der Waals surface area contributed by atoms with E-state index in [9.17, 15) is 4.39 Å². The lowest BCUT2D eigenvalue weighted by Crippen LogP contribution is -2.25. The number of nitrogens with zero attached hydrogens (tertiary/aromatic N) is 1. The molecule has 0 aromatic heterocycles. The minimum Gasteiger partial charge on any atom is -0.490 e. The molecule has 20 heavy (non-hydrogen) atoms. The molecule has 2 rings (SSSR count). The molecule has 1 heterocycles. The third-order valence-corrected chi connectivity index (χ3v) is 3.90. The molecule has 1 aromatic rings. The number of hydrogen-bond donors (Lipinski definition) is 1. The van der Waals surface area contributed by atoms with Gasteiger partial charge in [-0.3, -0.25) is 0 Å². The van der Waals surface area contributed by atoms with Crippen molar-refractivity contribution in [3.05, 3.63) is 17.9 Å². The Labute approximate surface area is 120 Å². The first-order valence-electron chi connectivity index (χ1n) is 7.58. The number of nitrogen functional groups attached to an aromatic ring is 1. The lowest BCUT2D eigenvalue weighted by Gasteiger charge is -2.25. The molecule has 1 unspecified atom stereocenters. The maximum absolute atomic E-state index is 13.8. The fraction of sp³-hybridized carbons (Fsp3) is 0.625. The third-order valence-electron chi connectivity index (χ3n) is 3.90. The number of rotatable bonds is 4. The van der Waals surface area contributed by atoms with E-state index >= 15 is 0 Å². The average Bonchev–Trinajstić information content (AvgIpc) is 2.63. The van der Waals surface area contributed by atoms with Gasteiger partial charge < -0.3 is 15.4 Å². The molecular weight excluding hydrogens is 255 g/mol. The van der Waals surface area contributed by atoms with Crippen LogP contribution in [0.1, 0.15) is 39.5 Å². The van der Waals surface area contributed by atoms with Crippen molar-refractivity contribution in [1.82, 2.24) is 0 Å². The van der Waals surface area contributed by atoms with Crippen LogP contribution in [-0.4, -0.2) is 19.7 Å². The summed E-state index contributed by atoms with van der Waals surface area (Å²) in [6.45, 7) is 6.77. The summed E-state index contributed by atoms with van der Waals surface area (Å²) >= 11 is 0. The maximum atomic E-state index is 13.8. The molecule has 1 atom stereocenters. The Morgan fingerprint density at radius 2 is 2.15 bits per heavy atom. The van der Waals surface area contributed by atoms with Gasteiger partial charge in [0, 0.05) is 25.2 Å². The van der Waals surface area contributed by atoms with E-state index < -0.39 is 0 Å². The van der Waals surface area contributed by atoms with Crippen LogP contribution in [-0.2, 0) is 0 Å². The lowest BCUT2D eigenvalue weighted by molar-refractivity contribution is 0.301. The predicted molar refractivity (Wildman–Crippen MR) is 81.8 cm³/mol. The molecule has 3 nitrogen and oxygen atoms in total. The van der Waals surface area contributed by atoms with E-state index in [0.717, 1.165) is 44.0 Å². The summed E-state index contributed by atoms with van der Waals surface area (Å²) in [5.41, 5.74) is 7.41. The van der Waals surface area contributed by atoms with E-state index in [2.05, 4.69) is 11.8 Å². The largest absolute Gasteiger partial charge is 0.490 e. The van der Waals surface area contributed by atoms with Crippen LogP contribution in [0.3, 0.4) is 0 Å². The number of benzene rings is 1. The van der Waals surface area contributed by atoms with E-state index in [1.54, 1.807) is 6.07 Å². The van der Waals surface area contributed by atoms with Crippen LogP contribution in [0.2, 0.25) is 0 Å². The Hall–Kier alpha value is -1.45. The van der Waals surface area contributed by atoms with Crippen LogP contribution in [0, 0.1) is 11.7 Å². The number of ether oxygens (including phenoxy) is 1. The van der Waals surface area contributed by atoms with Crippen molar-refractivity contribution < 1.29 is 9.13 Å². The number of nitrogens with two attached hydrogens (primary N) is 1. The molecule has 0 spiro atoms. The molecule has 1 aromatic carbocycles. The van der Waals surface area contributed by atoms with Crippen molar-refractivity contribution in [2.24, 2.45) is 5.92 Å². The molecular formula is C16H25FN2O. The highest BCUT2D eigenvalue weighted by Crippen LogP contribution is 2.33. The van der Waals surface area contributed by atoms with Gasteiger partial charge in [-0.2, -0.15) is 0 Å². The van der Waals surface area contributed by atoms with Crippen molar-refractivity contribution in [1.29, 1.82) is 0 Å². The molecule has 0 radical (unpaired) electrons. The number of anilines is 2. The molecule has 1 aliphatic rings. The Morgan fingerprint density at radius 1 is 1.35 bits per heavy atom. The van der Waals surface area contributed by atoms with Gasteiger partial charge in [-0.05, 0) is 31.6 Å². The first-order valence-corrected chi connectivity index (χ1v) is 7.58. The third kappa shape index (κ3) is 3.56. The van der Waals surface area contributed by atoms with Gasteiger partial charge in [0.05, 0.1) is 18.0 Å². The first kappa shape index (κ1) is 14.9. The van der Waals surface area contributed by atoms with Gasteiger partial charge in [-0.25, -0.2) is 4.39 Å². The molecule has 0 aliphatic carbocycles. The summed E-state index contributed by atoms with van der Waals surface area (Å²) < 4.78 is 19.3. The van der Waals surface area contributed by atoms with E-state index in [1.807, 2.05) is 6.92 Å². The highest BCUT2D eigenvalue weighted by Gasteiger charge is 2.18. The van der Waals surface area contributed by atoms with Gasteiger partial charge in [0.2, 0.25) is 0 Å². The van der Waals surface area contributed by atoms with Crippen LogP contribution in [0.15, 0.2) is 12.1 Å². The summed E-state index contributed by atoms with van der Waals surface area (Å²) in [5, 5.41) is 0. The second-order valence-corrected chi connectivity index (χ2v) is 5.71. The van der Waals surface area contributed by atoms with E-state index in [4.69, 9.17) is 10.5 Å².